The van der Waals surface area contributed by atoms with Gasteiger partial charge in [-0.05, 0) is 26.9 Å². The predicted octanol–water partition coefficient (Wildman–Crippen LogP) is 0.0360. The molecule has 0 saturated heterocycles. The van der Waals surface area contributed by atoms with Crippen molar-refractivity contribution in [3.05, 3.63) is 0 Å². The number of primary amides is 1. The summed E-state index contributed by atoms with van der Waals surface area (Å²) in [6, 6.07) is 0.0369. The van der Waals surface area contributed by atoms with Crippen LogP contribution in [-0.2, 0) is 4.79 Å². The largest absolute Gasteiger partial charge is 0.368 e. The van der Waals surface area contributed by atoms with Gasteiger partial charge >= 0.3 is 0 Å². The fourth-order valence-corrected chi connectivity index (χ4v) is 1.25. The first kappa shape index (κ1) is 13.4. The van der Waals surface area contributed by atoms with Gasteiger partial charge in [0.05, 0.1) is 6.04 Å². The molecule has 4 nitrogen and oxygen atoms in total. The van der Waals surface area contributed by atoms with Crippen LogP contribution in [0.15, 0.2) is 0 Å². The number of carbonyl (C=O) groups excluding carboxylic acids is 1. The molecule has 4 heteroatoms. The summed E-state index contributed by atoms with van der Waals surface area (Å²) in [4.78, 5) is 13.0. The van der Waals surface area contributed by atoms with Crippen molar-refractivity contribution in [2.75, 3.05) is 20.6 Å². The third kappa shape index (κ3) is 5.19. The Labute approximate surface area is 86.8 Å². The zero-order chi connectivity index (χ0) is 11.3. The quantitative estimate of drug-likeness (QED) is 0.638. The Morgan fingerprint density at radius 3 is 2.14 bits per heavy atom. The van der Waals surface area contributed by atoms with Gasteiger partial charge in [-0.25, -0.2) is 0 Å². The average molecular weight is 201 g/mol. The second-order valence-electron chi connectivity index (χ2n) is 4.40. The zero-order valence-corrected chi connectivity index (χ0v) is 9.87. The van der Waals surface area contributed by atoms with Gasteiger partial charge < -0.3 is 16.0 Å². The lowest BCUT2D eigenvalue weighted by atomic mass is 10.0. The molecule has 0 radical (unpaired) electrons. The first-order valence-electron chi connectivity index (χ1n) is 5.04. The fraction of sp³-hybridized carbons (Fsp3) is 0.900. The van der Waals surface area contributed by atoms with E-state index in [9.17, 15) is 4.79 Å². The number of hydrogen-bond donors (Lipinski definition) is 2. The molecule has 0 spiro atoms. The van der Waals surface area contributed by atoms with E-state index in [1.807, 2.05) is 14.1 Å². The van der Waals surface area contributed by atoms with Gasteiger partial charge in [0.25, 0.3) is 0 Å². The zero-order valence-electron chi connectivity index (χ0n) is 9.87. The summed E-state index contributed by atoms with van der Waals surface area (Å²) in [5.74, 6) is 0.189. The normalized spacial score (nSPS) is 15.9. The highest BCUT2D eigenvalue weighted by Crippen LogP contribution is 2.03. The molecule has 0 aliphatic rings. The van der Waals surface area contributed by atoms with Crippen LogP contribution in [0.4, 0.5) is 0 Å². The van der Waals surface area contributed by atoms with Crippen LogP contribution in [0.1, 0.15) is 20.8 Å². The number of likely N-dealkylation sites (N-methyl/N-ethyl adjacent to an activating group) is 1. The van der Waals surface area contributed by atoms with Crippen LogP contribution >= 0.6 is 0 Å². The molecule has 0 aliphatic carbocycles. The van der Waals surface area contributed by atoms with E-state index in [0.29, 0.717) is 12.0 Å². The summed E-state index contributed by atoms with van der Waals surface area (Å²) in [6.07, 6.45) is 0. The van der Waals surface area contributed by atoms with E-state index < -0.39 is 0 Å². The van der Waals surface area contributed by atoms with Crippen LogP contribution in [0, 0.1) is 5.92 Å². The smallest absolute Gasteiger partial charge is 0.234 e. The van der Waals surface area contributed by atoms with E-state index in [2.05, 4.69) is 24.1 Å². The number of nitrogens with one attached hydrogen (secondary N) is 1. The summed E-state index contributed by atoms with van der Waals surface area (Å²) < 4.78 is 0. The highest BCUT2D eigenvalue weighted by atomic mass is 16.1. The van der Waals surface area contributed by atoms with E-state index in [1.165, 1.54) is 0 Å². The molecule has 0 rings (SSSR count). The maximum absolute atomic E-state index is 10.9. The van der Waals surface area contributed by atoms with Crippen molar-refractivity contribution in [1.82, 2.24) is 10.2 Å². The van der Waals surface area contributed by atoms with Crippen molar-refractivity contribution in [3.63, 3.8) is 0 Å². The van der Waals surface area contributed by atoms with Crippen molar-refractivity contribution < 1.29 is 4.79 Å². The van der Waals surface area contributed by atoms with E-state index in [1.54, 1.807) is 6.92 Å². The van der Waals surface area contributed by atoms with Crippen LogP contribution < -0.4 is 11.1 Å². The van der Waals surface area contributed by atoms with Crippen LogP contribution in [0.2, 0.25) is 0 Å². The Hall–Kier alpha value is -0.610. The van der Waals surface area contributed by atoms with Gasteiger partial charge in [0.1, 0.15) is 0 Å². The molecule has 0 fully saturated rings. The molecule has 2 unspecified atom stereocenters. The highest BCUT2D eigenvalue weighted by molar-refractivity contribution is 5.79. The van der Waals surface area contributed by atoms with Gasteiger partial charge in [0.2, 0.25) is 5.91 Å². The van der Waals surface area contributed by atoms with Crippen LogP contribution in [0.3, 0.4) is 0 Å². The standard InChI is InChI=1S/C10H23N3O/c1-7(2)9(6-13(4)5)12-8(3)10(11)14/h7-9,12H,6H2,1-5H3,(H2,11,14). The van der Waals surface area contributed by atoms with Gasteiger partial charge in [-0.15, -0.1) is 0 Å². The molecule has 0 aromatic carbocycles. The summed E-state index contributed by atoms with van der Waals surface area (Å²) >= 11 is 0. The number of nitrogens with zero attached hydrogens (tertiary/aromatic N) is 1. The highest BCUT2D eigenvalue weighted by Gasteiger charge is 2.18. The molecule has 84 valence electrons. The number of carbonyl (C=O) groups is 1. The van der Waals surface area contributed by atoms with Gasteiger partial charge in [-0.1, -0.05) is 13.8 Å². The first-order valence-corrected chi connectivity index (χ1v) is 5.04. The van der Waals surface area contributed by atoms with E-state index in [4.69, 9.17) is 5.73 Å². The number of hydrogen-bond acceptors (Lipinski definition) is 3. The van der Waals surface area contributed by atoms with Gasteiger partial charge in [-0.3, -0.25) is 4.79 Å². The van der Waals surface area contributed by atoms with E-state index in [-0.39, 0.29) is 11.9 Å². The van der Waals surface area contributed by atoms with Crippen molar-refractivity contribution in [1.29, 1.82) is 0 Å². The topological polar surface area (TPSA) is 58.4 Å². The SMILES string of the molecule is CC(NC(CN(C)C)C(C)C)C(N)=O. The van der Waals surface area contributed by atoms with E-state index in [0.717, 1.165) is 6.54 Å². The van der Waals surface area contributed by atoms with Crippen molar-refractivity contribution >= 4 is 5.91 Å². The fourth-order valence-electron chi connectivity index (χ4n) is 1.25. The minimum absolute atomic E-state index is 0.262. The Bertz CT molecular complexity index is 180. The number of nitrogens with two attached hydrogens (primary N) is 1. The maximum atomic E-state index is 10.9. The first-order chi connectivity index (χ1) is 6.34. The lowest BCUT2D eigenvalue weighted by Crippen LogP contribution is -2.50. The Morgan fingerprint density at radius 2 is 1.86 bits per heavy atom. The van der Waals surface area contributed by atoms with Gasteiger partial charge in [0.15, 0.2) is 0 Å². The third-order valence-electron chi connectivity index (χ3n) is 2.26. The second-order valence-corrected chi connectivity index (χ2v) is 4.40. The lowest BCUT2D eigenvalue weighted by Gasteiger charge is -2.27. The Morgan fingerprint density at radius 1 is 1.36 bits per heavy atom. The molecular weight excluding hydrogens is 178 g/mol. The molecule has 3 N–H and O–H groups in total. The van der Waals surface area contributed by atoms with Crippen LogP contribution in [0.5, 0.6) is 0 Å². The van der Waals surface area contributed by atoms with Crippen LogP contribution in [-0.4, -0.2) is 43.5 Å². The van der Waals surface area contributed by atoms with E-state index >= 15 is 0 Å². The monoisotopic (exact) mass is 201 g/mol. The number of rotatable bonds is 6. The third-order valence-corrected chi connectivity index (χ3v) is 2.26. The van der Waals surface area contributed by atoms with Gasteiger partial charge in [0, 0.05) is 12.6 Å². The predicted molar refractivity (Wildman–Crippen MR) is 59.0 cm³/mol. The lowest BCUT2D eigenvalue weighted by molar-refractivity contribution is -0.119. The summed E-state index contributed by atoms with van der Waals surface area (Å²) in [5, 5.41) is 3.23. The minimum Gasteiger partial charge on any atom is -0.368 e. The molecule has 0 aromatic heterocycles. The number of amides is 1. The van der Waals surface area contributed by atoms with Crippen molar-refractivity contribution in [2.45, 2.75) is 32.9 Å². The molecule has 2 atom stereocenters. The second kappa shape index (κ2) is 5.98. The molecule has 0 bridgehead atoms. The van der Waals surface area contributed by atoms with Crippen molar-refractivity contribution in [3.8, 4) is 0 Å². The molecule has 14 heavy (non-hydrogen) atoms. The minimum atomic E-state index is -0.297. The van der Waals surface area contributed by atoms with Crippen LogP contribution in [0.25, 0.3) is 0 Å². The molecule has 0 aromatic rings. The average Bonchev–Trinajstić information content (AvgIpc) is 2.01. The molecule has 0 heterocycles. The molecular formula is C10H23N3O. The Balaban J connectivity index is 4.16. The molecule has 0 aliphatic heterocycles. The summed E-state index contributed by atoms with van der Waals surface area (Å²) in [6.45, 7) is 6.98. The summed E-state index contributed by atoms with van der Waals surface area (Å²) in [7, 11) is 4.04. The molecule has 0 saturated carbocycles. The van der Waals surface area contributed by atoms with Crippen molar-refractivity contribution in [2.24, 2.45) is 11.7 Å². The Kier molecular flexibility index (Phi) is 5.72. The maximum Gasteiger partial charge on any atom is 0.234 e. The van der Waals surface area contributed by atoms with Gasteiger partial charge in [-0.2, -0.15) is 0 Å². The summed E-state index contributed by atoms with van der Waals surface area (Å²) in [5.41, 5.74) is 5.20. The molecule has 1 amide bonds.